The Kier molecular flexibility index (Phi) is 31.7. The van der Waals surface area contributed by atoms with E-state index in [0.29, 0.717) is 43.0 Å². The number of rotatable bonds is 16. The van der Waals surface area contributed by atoms with Crippen LogP contribution >= 0.6 is 28.6 Å². The second kappa shape index (κ2) is 44.2. The van der Waals surface area contributed by atoms with Crippen LogP contribution in [-0.4, -0.2) is 84.8 Å². The number of aromatic nitrogens is 12. The summed E-state index contributed by atoms with van der Waals surface area (Å²) in [5, 5.41) is 11.7. The van der Waals surface area contributed by atoms with Crippen molar-refractivity contribution in [3.05, 3.63) is 458 Å². The topological polar surface area (TPSA) is 191 Å². The average molecular weight is 2720 g/mol. The second-order valence-electron chi connectivity index (χ2n) is 36.8. The van der Waals surface area contributed by atoms with Crippen molar-refractivity contribution in [3.63, 3.8) is 0 Å². The number of fused-ring (bicyclic) bond motifs is 12. The van der Waals surface area contributed by atoms with Gasteiger partial charge in [-0.3, -0.25) is 19.9 Å². The third-order valence-corrected chi connectivity index (χ3v) is 35.8. The number of para-hydroxylation sites is 4. The monoisotopic (exact) mass is 2720 g/mol. The molecule has 0 radical (unpaired) electrons. The summed E-state index contributed by atoms with van der Waals surface area (Å²) in [7, 11) is -11.6. The van der Waals surface area contributed by atoms with Gasteiger partial charge >= 0.3 is 84.3 Å². The second-order valence-corrected chi connectivity index (χ2v) is 47.9. The van der Waals surface area contributed by atoms with E-state index in [1.54, 1.807) is 51.4 Å². The summed E-state index contributed by atoms with van der Waals surface area (Å²) in [4.78, 5) is 36.5. The normalized spacial score (nSPS) is 12.8. The largest absolute Gasteiger partial charge is 2.00 e. The maximum absolute atomic E-state index is 13.9. The van der Waals surface area contributed by atoms with Crippen LogP contribution in [0.3, 0.4) is 0 Å². The van der Waals surface area contributed by atoms with E-state index in [0.717, 1.165) is 200 Å². The van der Waals surface area contributed by atoms with Crippen molar-refractivity contribution >= 4 is 159 Å². The molecule has 4 atom stereocenters. The Labute approximate surface area is 918 Å². The SMILES string of the molecule is Cc1ccc(-n2c3[c-]c(-c4[c-]c(P(C)(=O)c5cc(C)ccn5)ccc4)ccc3c3ccccc32)nc1.Cc1ccnc(-n2c3[c-]c(-c4[c-]c(P(C)(=O)c5ncccc5C)ccc4)ccc3c3ccccc32)c1.Cc1ccnc(P(C)(=O)c2[c-]c(-c3[c-]c4c(cc3)c3ccccc3n4-c3cccc(C)n3)ccc2)c1.Cc1ccnc(P(C)(=O)c2[c-]c(-c3[c-]c4c(cc3)c3ccccc3n4-c3ncccc3C)ccc2)c1.[Pt+2].[Pt+2].[Pt+2].[Pt+2]. The molecule has 0 aliphatic rings. The van der Waals surface area contributed by atoms with Gasteiger partial charge in [-0.1, -0.05) is 140 Å². The molecule has 0 N–H and O–H groups in total. The van der Waals surface area contributed by atoms with Crippen molar-refractivity contribution < 1.29 is 103 Å². The zero-order chi connectivity index (χ0) is 99.5. The number of benzene rings is 12. The molecule has 0 bridgehead atoms. The molecular formula is C124H96N12O4P4Pt4. The van der Waals surface area contributed by atoms with Crippen LogP contribution in [0.2, 0.25) is 0 Å². The molecule has 0 saturated carbocycles. The molecule has 0 aliphatic carbocycles. The molecule has 0 spiro atoms. The van der Waals surface area contributed by atoms with Crippen molar-refractivity contribution in [2.24, 2.45) is 0 Å². The van der Waals surface area contributed by atoms with Gasteiger partial charge in [0.25, 0.3) is 0 Å². The maximum Gasteiger partial charge on any atom is 2.00 e. The number of hydrogen-bond donors (Lipinski definition) is 0. The zero-order valence-electron chi connectivity index (χ0n) is 82.7. The van der Waals surface area contributed by atoms with Crippen LogP contribution in [0.5, 0.6) is 0 Å². The van der Waals surface area contributed by atoms with E-state index in [4.69, 9.17) is 15.0 Å². The van der Waals surface area contributed by atoms with Crippen molar-refractivity contribution in [1.29, 1.82) is 0 Å². The van der Waals surface area contributed by atoms with E-state index < -0.39 is 28.6 Å². The van der Waals surface area contributed by atoms with Gasteiger partial charge in [0.1, 0.15) is 73.6 Å². The first-order valence-electron chi connectivity index (χ1n) is 47.4. The molecular weight excluding hydrogens is 2630 g/mol. The fraction of sp³-hybridized carbons (Fsp3) is 0.0968. The molecule has 12 aromatic carbocycles. The molecule has 0 amide bonds. The van der Waals surface area contributed by atoms with Crippen LogP contribution in [-0.2, 0) is 103 Å². The fourth-order valence-electron chi connectivity index (χ4n) is 18.9. The molecule has 24 heteroatoms. The van der Waals surface area contributed by atoms with E-state index in [1.807, 2.05) is 242 Å². The molecule has 12 aromatic heterocycles. The standard InChI is InChI=1S/4C31H24N3OP.4Pt/c1-21-15-17-32-30(18-21)36(3,35)25-10-6-9-23(19-25)24-13-14-27-26-11-4-5-12-28(26)34(29(27)20-24)31-22(2)8-7-16-33-31;1-21-15-17-32-30(18-21)34-28-12-5-4-11-26(28)27-14-13-24(20-29(27)34)23-9-6-10-25(19-23)36(3,35)31-22(2)8-7-16-33-31;1-21-16-17-32-31(18-21)36(3,35)25-10-7-9-23(19-25)24-14-15-27-26-11-4-5-12-28(26)34(29(27)20-24)30-13-6-8-22(2)33-30;1-21-15-16-32-31(17-21)36(3,35)25-8-6-7-23(18-25)24-12-13-27-26-9-4-5-10-28(26)34(29(27)19-24)30-14-11-22(2)20-33-30;;;;/h3*4-18H,1-3H3;4-17,20H,1-3H3;;;;/q4*-2;4*+2. The van der Waals surface area contributed by atoms with E-state index in [1.165, 1.54) is 0 Å². The van der Waals surface area contributed by atoms with Gasteiger partial charge in [-0.2, -0.15) is 121 Å². The van der Waals surface area contributed by atoms with Gasteiger partial charge in [0.2, 0.25) is 0 Å². The first-order valence-corrected chi connectivity index (χ1v) is 56.0. The van der Waals surface area contributed by atoms with Gasteiger partial charge in [-0.15, -0.1) is 48.5 Å². The molecule has 4 unspecified atom stereocenters. The summed E-state index contributed by atoms with van der Waals surface area (Å²) in [5.74, 6) is 3.45. The summed E-state index contributed by atoms with van der Waals surface area (Å²) >= 11 is 0. The summed E-state index contributed by atoms with van der Waals surface area (Å²) in [6, 6.07) is 135. The van der Waals surface area contributed by atoms with Crippen LogP contribution in [0.4, 0.5) is 0 Å². The first kappa shape index (κ1) is 106. The number of pyridine rings is 8. The molecule has 148 heavy (non-hydrogen) atoms. The predicted octanol–water partition coefficient (Wildman–Crippen LogP) is 25.6. The van der Waals surface area contributed by atoms with Crippen LogP contribution in [0.15, 0.2) is 365 Å². The van der Waals surface area contributed by atoms with Gasteiger partial charge in [0, 0.05) is 71.1 Å². The Morgan fingerprint density at radius 2 is 0.561 bits per heavy atom. The molecule has 24 aromatic rings. The Bertz CT molecular complexity index is 9430. The minimum atomic E-state index is -2.91. The molecule has 24 rings (SSSR count). The van der Waals surface area contributed by atoms with Crippen LogP contribution in [0.25, 0.3) is 155 Å². The molecule has 16 nitrogen and oxygen atoms in total. The zero-order valence-corrected chi connectivity index (χ0v) is 95.4. The number of aryl methyl sites for hydroxylation is 8. The molecule has 0 saturated heterocycles. The Morgan fingerprint density at radius 3 is 0.926 bits per heavy atom. The summed E-state index contributed by atoms with van der Waals surface area (Å²) < 4.78 is 64.1. The van der Waals surface area contributed by atoms with Crippen molar-refractivity contribution in [2.75, 3.05) is 26.7 Å². The molecule has 0 aliphatic heterocycles. The third-order valence-electron chi connectivity index (χ3n) is 26.4. The molecule has 736 valence electrons. The van der Waals surface area contributed by atoms with Crippen LogP contribution < -0.4 is 43.0 Å². The van der Waals surface area contributed by atoms with E-state index in [-0.39, 0.29) is 84.3 Å². The van der Waals surface area contributed by atoms with E-state index in [2.05, 4.69) is 245 Å². The molecule has 12 heterocycles. The first-order chi connectivity index (χ1) is 69.7. The summed E-state index contributed by atoms with van der Waals surface area (Å²) in [5.41, 5.74) is 25.8. The summed E-state index contributed by atoms with van der Waals surface area (Å²) in [6.07, 6.45) is 12.4. The van der Waals surface area contributed by atoms with Gasteiger partial charge in [-0.25, -0.2) is 64.4 Å². The van der Waals surface area contributed by atoms with Crippen LogP contribution in [0.1, 0.15) is 44.6 Å². The van der Waals surface area contributed by atoms with Gasteiger partial charge in [0.15, 0.2) is 0 Å². The van der Waals surface area contributed by atoms with Crippen LogP contribution in [0, 0.1) is 104 Å². The molecule has 0 fully saturated rings. The fourth-order valence-corrected chi connectivity index (χ4v) is 25.9. The number of hydrogen-bond acceptors (Lipinski definition) is 12. The van der Waals surface area contributed by atoms with E-state index >= 15 is 0 Å². The number of nitrogens with zero attached hydrogens (tertiary/aromatic N) is 12. The van der Waals surface area contributed by atoms with Gasteiger partial charge < -0.3 is 36.5 Å². The van der Waals surface area contributed by atoms with Crippen molar-refractivity contribution in [2.45, 2.75) is 55.4 Å². The predicted molar refractivity (Wildman–Crippen MR) is 593 cm³/mol. The maximum atomic E-state index is 13.9. The quantitative estimate of drug-likeness (QED) is 0.0658. The smallest absolute Gasteiger partial charge is 0.314 e. The summed E-state index contributed by atoms with van der Waals surface area (Å²) in [6.45, 7) is 23.1. The van der Waals surface area contributed by atoms with Gasteiger partial charge in [0.05, 0.1) is 0 Å². The average Bonchev–Trinajstić information content (AvgIpc) is 1.60. The minimum absolute atomic E-state index is 0. The van der Waals surface area contributed by atoms with Crippen molar-refractivity contribution in [1.82, 2.24) is 58.1 Å². The van der Waals surface area contributed by atoms with Crippen molar-refractivity contribution in [3.8, 4) is 67.8 Å². The minimum Gasteiger partial charge on any atom is -0.314 e. The Hall–Kier alpha value is -13.3. The Balaban J connectivity index is 0.000000133. The van der Waals surface area contributed by atoms with E-state index in [9.17, 15) is 18.3 Å². The Morgan fingerprint density at radius 1 is 0.230 bits per heavy atom. The van der Waals surface area contributed by atoms with Gasteiger partial charge in [-0.05, 0) is 268 Å². The third kappa shape index (κ3) is 20.8.